The Balaban J connectivity index is 1.57. The molecule has 0 N–H and O–H groups in total. The maximum atomic E-state index is 12.6. The first-order valence-corrected chi connectivity index (χ1v) is 8.86. The van der Waals surface area contributed by atoms with Crippen LogP contribution in [0.1, 0.15) is 17.5 Å². The zero-order valence-electron chi connectivity index (χ0n) is 15.6. The Bertz CT molecular complexity index is 816. The molecule has 0 saturated heterocycles. The first kappa shape index (κ1) is 18.8. The minimum absolute atomic E-state index is 0.116. The molecule has 6 heteroatoms. The number of anilines is 1. The highest BCUT2D eigenvalue weighted by Crippen LogP contribution is 2.30. The molecule has 1 aliphatic heterocycles. The second-order valence-corrected chi connectivity index (χ2v) is 6.33. The summed E-state index contributed by atoms with van der Waals surface area (Å²) in [5, 5.41) is 0. The van der Waals surface area contributed by atoms with E-state index in [0.717, 1.165) is 41.2 Å². The van der Waals surface area contributed by atoms with Crippen molar-refractivity contribution in [3.05, 3.63) is 53.6 Å². The lowest BCUT2D eigenvalue weighted by Gasteiger charge is -2.29. The molecule has 2 aromatic carbocycles. The van der Waals surface area contributed by atoms with Gasteiger partial charge in [-0.1, -0.05) is 12.1 Å². The van der Waals surface area contributed by atoms with Gasteiger partial charge in [0.1, 0.15) is 11.5 Å². The van der Waals surface area contributed by atoms with Crippen molar-refractivity contribution in [1.82, 2.24) is 0 Å². The number of benzene rings is 2. The lowest BCUT2D eigenvalue weighted by atomic mass is 10.0. The minimum atomic E-state index is -0.430. The molecule has 2 aromatic rings. The molecule has 0 spiro atoms. The van der Waals surface area contributed by atoms with Crippen molar-refractivity contribution >= 4 is 17.6 Å². The molecule has 1 amide bonds. The number of amides is 1. The third-order valence-electron chi connectivity index (χ3n) is 4.57. The molecule has 0 bridgehead atoms. The van der Waals surface area contributed by atoms with Gasteiger partial charge in [-0.15, -0.1) is 0 Å². The van der Waals surface area contributed by atoms with Gasteiger partial charge >= 0.3 is 5.97 Å². The van der Waals surface area contributed by atoms with Gasteiger partial charge in [0.05, 0.1) is 20.6 Å². The van der Waals surface area contributed by atoms with Crippen LogP contribution in [0.25, 0.3) is 0 Å². The number of hydrogen-bond donors (Lipinski definition) is 0. The number of carbonyl (C=O) groups is 2. The molecule has 3 rings (SSSR count). The smallest absolute Gasteiger partial charge is 0.310 e. The second kappa shape index (κ2) is 8.58. The first-order valence-electron chi connectivity index (χ1n) is 8.86. The van der Waals surface area contributed by atoms with Gasteiger partial charge in [-0.05, 0) is 54.3 Å². The number of aryl methyl sites for hydroxylation is 1. The molecule has 0 aliphatic carbocycles. The van der Waals surface area contributed by atoms with Crippen LogP contribution < -0.4 is 14.4 Å². The number of ether oxygens (including phenoxy) is 3. The Hall–Kier alpha value is -3.02. The molecule has 6 nitrogen and oxygen atoms in total. The third kappa shape index (κ3) is 4.58. The lowest BCUT2D eigenvalue weighted by Crippen LogP contribution is -2.38. The van der Waals surface area contributed by atoms with Crippen molar-refractivity contribution in [3.8, 4) is 11.5 Å². The number of methoxy groups -OCH3 is 2. The van der Waals surface area contributed by atoms with E-state index in [0.29, 0.717) is 6.54 Å². The van der Waals surface area contributed by atoms with Crippen molar-refractivity contribution in [2.24, 2.45) is 0 Å². The van der Waals surface area contributed by atoms with E-state index in [1.807, 2.05) is 18.2 Å². The maximum absolute atomic E-state index is 12.6. The Labute approximate surface area is 158 Å². The summed E-state index contributed by atoms with van der Waals surface area (Å²) in [4.78, 5) is 26.3. The Morgan fingerprint density at radius 3 is 2.41 bits per heavy atom. The van der Waals surface area contributed by atoms with Gasteiger partial charge in [0.2, 0.25) is 0 Å². The van der Waals surface area contributed by atoms with Gasteiger partial charge in [-0.25, -0.2) is 0 Å². The first-order chi connectivity index (χ1) is 13.1. The largest absolute Gasteiger partial charge is 0.497 e. The number of carbonyl (C=O) groups excluding carboxylic acids is 2. The third-order valence-corrected chi connectivity index (χ3v) is 4.57. The van der Waals surface area contributed by atoms with Crippen LogP contribution in [0.5, 0.6) is 11.5 Å². The maximum Gasteiger partial charge on any atom is 0.310 e. The standard InChI is InChI=1S/C21H23NO5/c1-25-17-7-5-15(6-8-17)12-21(24)27-14-20(23)22-11-3-4-16-13-18(26-2)9-10-19(16)22/h5-10,13H,3-4,11-12,14H2,1-2H3. The van der Waals surface area contributed by atoms with Gasteiger partial charge in [0.15, 0.2) is 6.61 Å². The monoisotopic (exact) mass is 369 g/mol. The number of rotatable bonds is 6. The molecular formula is C21H23NO5. The van der Waals surface area contributed by atoms with Crippen LogP contribution in [0, 0.1) is 0 Å². The zero-order chi connectivity index (χ0) is 19.2. The van der Waals surface area contributed by atoms with Crippen LogP contribution in [0.2, 0.25) is 0 Å². The molecule has 27 heavy (non-hydrogen) atoms. The average Bonchev–Trinajstić information content (AvgIpc) is 2.71. The number of esters is 1. The van der Waals surface area contributed by atoms with E-state index in [9.17, 15) is 9.59 Å². The van der Waals surface area contributed by atoms with Crippen LogP contribution >= 0.6 is 0 Å². The van der Waals surface area contributed by atoms with Crippen molar-refractivity contribution in [1.29, 1.82) is 0 Å². The fourth-order valence-electron chi connectivity index (χ4n) is 3.14. The fraction of sp³-hybridized carbons (Fsp3) is 0.333. The van der Waals surface area contributed by atoms with Gasteiger partial charge in [0.25, 0.3) is 5.91 Å². The van der Waals surface area contributed by atoms with E-state index in [-0.39, 0.29) is 18.9 Å². The Morgan fingerprint density at radius 2 is 1.70 bits per heavy atom. The molecule has 0 fully saturated rings. The summed E-state index contributed by atoms with van der Waals surface area (Å²) in [6.07, 6.45) is 1.88. The minimum Gasteiger partial charge on any atom is -0.497 e. The van der Waals surface area contributed by atoms with E-state index >= 15 is 0 Å². The highest BCUT2D eigenvalue weighted by molar-refractivity contribution is 5.96. The predicted molar refractivity (Wildman–Crippen MR) is 101 cm³/mol. The Morgan fingerprint density at radius 1 is 1.00 bits per heavy atom. The molecule has 142 valence electrons. The summed E-state index contributed by atoms with van der Waals surface area (Å²) in [5.41, 5.74) is 2.74. The van der Waals surface area contributed by atoms with E-state index in [1.54, 1.807) is 43.4 Å². The molecule has 0 aromatic heterocycles. The highest BCUT2D eigenvalue weighted by atomic mass is 16.5. The quantitative estimate of drug-likeness (QED) is 0.733. The number of hydrogen-bond acceptors (Lipinski definition) is 5. The summed E-state index contributed by atoms with van der Waals surface area (Å²) < 4.78 is 15.5. The SMILES string of the molecule is COc1ccc(CC(=O)OCC(=O)N2CCCc3cc(OC)ccc32)cc1. The summed E-state index contributed by atoms with van der Waals surface area (Å²) in [6, 6.07) is 12.8. The molecule has 1 heterocycles. The highest BCUT2D eigenvalue weighted by Gasteiger charge is 2.23. The summed E-state index contributed by atoms with van der Waals surface area (Å²) in [7, 11) is 3.21. The average molecular weight is 369 g/mol. The summed E-state index contributed by atoms with van der Waals surface area (Å²) in [6.45, 7) is 0.356. The van der Waals surface area contributed by atoms with Crippen molar-refractivity contribution < 1.29 is 23.8 Å². The number of fused-ring (bicyclic) bond motifs is 1. The normalized spacial score (nSPS) is 12.9. The molecule has 1 aliphatic rings. The van der Waals surface area contributed by atoms with Gasteiger partial charge in [-0.3, -0.25) is 9.59 Å². The fourth-order valence-corrected chi connectivity index (χ4v) is 3.14. The van der Waals surface area contributed by atoms with Crippen molar-refractivity contribution in [2.75, 3.05) is 32.3 Å². The molecular weight excluding hydrogens is 346 g/mol. The van der Waals surface area contributed by atoms with Gasteiger partial charge < -0.3 is 19.1 Å². The summed E-state index contributed by atoms with van der Waals surface area (Å²) in [5.74, 6) is 0.848. The Kier molecular flexibility index (Phi) is 5.96. The van der Waals surface area contributed by atoms with Crippen LogP contribution in [0.4, 0.5) is 5.69 Å². The van der Waals surface area contributed by atoms with Gasteiger partial charge in [0, 0.05) is 12.2 Å². The van der Waals surface area contributed by atoms with Crippen LogP contribution in [0.3, 0.4) is 0 Å². The zero-order valence-corrected chi connectivity index (χ0v) is 15.6. The van der Waals surface area contributed by atoms with E-state index in [4.69, 9.17) is 14.2 Å². The van der Waals surface area contributed by atoms with E-state index in [1.165, 1.54) is 0 Å². The van der Waals surface area contributed by atoms with Crippen LogP contribution in [0.15, 0.2) is 42.5 Å². The molecule has 0 unspecified atom stereocenters. The summed E-state index contributed by atoms with van der Waals surface area (Å²) >= 11 is 0. The lowest BCUT2D eigenvalue weighted by molar-refractivity contribution is -0.147. The second-order valence-electron chi connectivity index (χ2n) is 6.33. The van der Waals surface area contributed by atoms with Crippen molar-refractivity contribution in [2.45, 2.75) is 19.3 Å². The van der Waals surface area contributed by atoms with E-state index < -0.39 is 5.97 Å². The number of nitrogens with zero attached hydrogens (tertiary/aromatic N) is 1. The van der Waals surface area contributed by atoms with Crippen LogP contribution in [-0.4, -0.2) is 39.2 Å². The molecule has 0 radical (unpaired) electrons. The van der Waals surface area contributed by atoms with Gasteiger partial charge in [-0.2, -0.15) is 0 Å². The van der Waals surface area contributed by atoms with E-state index in [2.05, 4.69) is 0 Å². The topological polar surface area (TPSA) is 65.1 Å². The van der Waals surface area contributed by atoms with Crippen molar-refractivity contribution in [3.63, 3.8) is 0 Å². The predicted octanol–water partition coefficient (Wildman–Crippen LogP) is 2.77. The molecule has 0 atom stereocenters. The molecule has 0 saturated carbocycles. The van der Waals surface area contributed by atoms with Crippen LogP contribution in [-0.2, 0) is 27.2 Å².